The molecule has 9 heteroatoms. The third-order valence-corrected chi connectivity index (χ3v) is 4.20. The summed E-state index contributed by atoms with van der Waals surface area (Å²) in [5.41, 5.74) is 10.1. The van der Waals surface area contributed by atoms with Gasteiger partial charge in [0, 0.05) is 6.54 Å². The van der Waals surface area contributed by atoms with Crippen molar-refractivity contribution < 1.29 is 24.7 Å². The average molecular weight is 301 g/mol. The molecular weight excluding hydrogens is 277 g/mol. The van der Waals surface area contributed by atoms with Crippen molar-refractivity contribution in [3.05, 3.63) is 0 Å². The second-order valence-corrected chi connectivity index (χ2v) is 5.93. The molecule has 1 aliphatic heterocycles. The number of carbonyl (C=O) groups is 2. The van der Waals surface area contributed by atoms with E-state index in [-0.39, 0.29) is 24.6 Å². The van der Waals surface area contributed by atoms with E-state index in [1.807, 2.05) is 0 Å². The maximum Gasteiger partial charge on any atom is 0.451 e. The van der Waals surface area contributed by atoms with Crippen LogP contribution in [0.4, 0.5) is 0 Å². The Bertz CT molecular complexity index is 406. The van der Waals surface area contributed by atoms with Gasteiger partial charge in [0.05, 0.1) is 12.1 Å². The number of rotatable bonds is 5. The predicted molar refractivity (Wildman–Crippen MR) is 77.1 cm³/mol. The van der Waals surface area contributed by atoms with Crippen molar-refractivity contribution in [2.45, 2.75) is 50.6 Å². The summed E-state index contributed by atoms with van der Waals surface area (Å²) in [6.45, 7) is 3.46. The van der Waals surface area contributed by atoms with Crippen molar-refractivity contribution in [1.29, 1.82) is 0 Å². The lowest BCUT2D eigenvalue weighted by molar-refractivity contribution is -0.154. The van der Waals surface area contributed by atoms with Gasteiger partial charge in [-0.1, -0.05) is 6.42 Å². The lowest BCUT2D eigenvalue weighted by atomic mass is 9.72. The van der Waals surface area contributed by atoms with Gasteiger partial charge in [-0.3, -0.25) is 9.59 Å². The van der Waals surface area contributed by atoms with Gasteiger partial charge in [-0.25, -0.2) is 0 Å². The minimum absolute atomic E-state index is 0.106. The Hall–Kier alpha value is -1.16. The molecule has 0 aliphatic carbocycles. The number of carbonyl (C=O) groups excluding carboxylic acids is 1. The number of amides is 1. The molecule has 0 aromatic carbocycles. The Balaban J connectivity index is 2.97. The molecule has 0 spiro atoms. The molecule has 0 radical (unpaired) electrons. The fourth-order valence-corrected chi connectivity index (χ4v) is 2.81. The number of likely N-dealkylation sites (tertiary alicyclic amines) is 1. The molecule has 0 bridgehead atoms. The molecule has 21 heavy (non-hydrogen) atoms. The number of nitrogens with two attached hydrogens (primary N) is 2. The summed E-state index contributed by atoms with van der Waals surface area (Å²) in [7, 11) is -1.46. The second-order valence-electron chi connectivity index (χ2n) is 5.93. The van der Waals surface area contributed by atoms with Gasteiger partial charge in [0.25, 0.3) is 0 Å². The highest BCUT2D eigenvalue weighted by Gasteiger charge is 2.50. The van der Waals surface area contributed by atoms with Crippen LogP contribution in [0, 0.1) is 5.92 Å². The van der Waals surface area contributed by atoms with Crippen molar-refractivity contribution in [3.8, 4) is 0 Å². The smallest absolute Gasteiger partial charge is 0.451 e. The number of nitrogens with zero attached hydrogens (tertiary/aromatic N) is 1. The summed E-state index contributed by atoms with van der Waals surface area (Å²) in [5, 5.41) is 27.3. The van der Waals surface area contributed by atoms with Crippen molar-refractivity contribution in [3.63, 3.8) is 0 Å². The molecule has 120 valence electrons. The van der Waals surface area contributed by atoms with Crippen LogP contribution in [0.3, 0.4) is 0 Å². The summed E-state index contributed by atoms with van der Waals surface area (Å²) in [5.74, 6) is -1.74. The molecule has 1 heterocycles. The van der Waals surface area contributed by atoms with Crippen molar-refractivity contribution in [1.82, 2.24) is 4.90 Å². The van der Waals surface area contributed by atoms with Crippen LogP contribution in [-0.4, -0.2) is 63.2 Å². The molecule has 8 nitrogen and oxygen atoms in total. The molecule has 1 amide bonds. The van der Waals surface area contributed by atoms with Gasteiger partial charge in [-0.15, -0.1) is 0 Å². The first-order chi connectivity index (χ1) is 9.59. The van der Waals surface area contributed by atoms with Crippen LogP contribution in [-0.2, 0) is 9.59 Å². The van der Waals surface area contributed by atoms with Crippen LogP contribution in [0.1, 0.15) is 26.7 Å². The Morgan fingerprint density at radius 2 is 2.05 bits per heavy atom. The van der Waals surface area contributed by atoms with Crippen LogP contribution in [0.5, 0.6) is 0 Å². The fourth-order valence-electron chi connectivity index (χ4n) is 2.81. The molecule has 1 aliphatic rings. The molecule has 0 unspecified atom stereocenters. The third-order valence-electron chi connectivity index (χ3n) is 4.20. The zero-order valence-corrected chi connectivity index (χ0v) is 12.4. The fraction of sp³-hybridized carbons (Fsp3) is 0.833. The van der Waals surface area contributed by atoms with Crippen LogP contribution < -0.4 is 11.5 Å². The first kappa shape index (κ1) is 17.9. The summed E-state index contributed by atoms with van der Waals surface area (Å²) < 4.78 is 0. The maximum absolute atomic E-state index is 12.2. The summed E-state index contributed by atoms with van der Waals surface area (Å²) in [6, 6.07) is -1.42. The van der Waals surface area contributed by atoms with E-state index in [0.29, 0.717) is 13.0 Å². The number of carboxylic acids is 1. The van der Waals surface area contributed by atoms with Gasteiger partial charge < -0.3 is 31.5 Å². The molecule has 1 rings (SSSR count). The van der Waals surface area contributed by atoms with Crippen molar-refractivity contribution >= 4 is 19.0 Å². The minimum Gasteiger partial charge on any atom is -0.480 e. The highest BCUT2D eigenvalue weighted by molar-refractivity contribution is 6.40. The zero-order valence-electron chi connectivity index (χ0n) is 12.4. The van der Waals surface area contributed by atoms with E-state index in [4.69, 9.17) is 21.5 Å². The highest BCUT2D eigenvalue weighted by atomic mass is 16.4. The monoisotopic (exact) mass is 301 g/mol. The topological polar surface area (TPSA) is 150 Å². The Morgan fingerprint density at radius 1 is 1.48 bits per heavy atom. The molecular formula is C12H24BN3O5. The van der Waals surface area contributed by atoms with Crippen LogP contribution in [0.25, 0.3) is 0 Å². The number of carboxylic acid groups (broad SMARTS) is 1. The Labute approximate surface area is 124 Å². The standard InChI is InChI=1S/C12H24BN3O5/c1-7(14)10(17)16-6-9(3-4-13(20)21)5-12(15,8(16)2)11(18)19/h7-9,20-21H,3-6,14-15H2,1-2H3,(H,18,19)/t7-,8-,9-,12+/m0/s1. The van der Waals surface area contributed by atoms with Crippen molar-refractivity contribution in [2.75, 3.05) is 6.54 Å². The molecule has 0 aromatic heterocycles. The Kier molecular flexibility index (Phi) is 5.74. The average Bonchev–Trinajstić information content (AvgIpc) is 2.38. The van der Waals surface area contributed by atoms with Gasteiger partial charge >= 0.3 is 13.1 Å². The van der Waals surface area contributed by atoms with Gasteiger partial charge in [-0.05, 0) is 32.5 Å². The predicted octanol–water partition coefficient (Wildman–Crippen LogP) is -1.78. The Morgan fingerprint density at radius 3 is 2.48 bits per heavy atom. The van der Waals surface area contributed by atoms with Crippen LogP contribution in [0.15, 0.2) is 0 Å². The van der Waals surface area contributed by atoms with E-state index >= 15 is 0 Å². The minimum atomic E-state index is -1.56. The molecule has 0 saturated carbocycles. The first-order valence-corrected chi connectivity index (χ1v) is 7.04. The number of piperidine rings is 1. The lowest BCUT2D eigenvalue weighted by Crippen LogP contribution is -2.69. The van der Waals surface area contributed by atoms with E-state index < -0.39 is 30.7 Å². The first-order valence-electron chi connectivity index (χ1n) is 7.04. The van der Waals surface area contributed by atoms with Gasteiger partial charge in [0.1, 0.15) is 5.54 Å². The summed E-state index contributed by atoms with van der Waals surface area (Å²) in [4.78, 5) is 25.1. The normalized spacial score (nSPS) is 30.9. The lowest BCUT2D eigenvalue weighted by Gasteiger charge is -2.47. The number of hydrogen-bond acceptors (Lipinski definition) is 6. The SMILES string of the molecule is C[C@H](N)C(=O)N1C[C@@H](CCB(O)O)C[C@](N)(C(=O)O)[C@@H]1C. The highest BCUT2D eigenvalue weighted by Crippen LogP contribution is 2.32. The molecule has 0 aromatic rings. The number of aliphatic carboxylic acids is 1. The largest absolute Gasteiger partial charge is 0.480 e. The zero-order chi connectivity index (χ0) is 16.4. The quantitative estimate of drug-likeness (QED) is 0.376. The van der Waals surface area contributed by atoms with E-state index in [1.54, 1.807) is 6.92 Å². The van der Waals surface area contributed by atoms with E-state index in [0.717, 1.165) is 0 Å². The number of hydrogen-bond donors (Lipinski definition) is 5. The maximum atomic E-state index is 12.2. The van der Waals surface area contributed by atoms with E-state index in [9.17, 15) is 14.7 Å². The van der Waals surface area contributed by atoms with Gasteiger partial charge in [0.2, 0.25) is 5.91 Å². The molecule has 1 saturated heterocycles. The second kappa shape index (κ2) is 6.74. The van der Waals surface area contributed by atoms with Crippen LogP contribution >= 0.6 is 0 Å². The van der Waals surface area contributed by atoms with Gasteiger partial charge in [-0.2, -0.15) is 0 Å². The third kappa shape index (κ3) is 3.94. The van der Waals surface area contributed by atoms with E-state index in [2.05, 4.69) is 0 Å². The molecule has 1 fully saturated rings. The van der Waals surface area contributed by atoms with Gasteiger partial charge in [0.15, 0.2) is 0 Å². The summed E-state index contributed by atoms with van der Waals surface area (Å²) >= 11 is 0. The molecule has 7 N–H and O–H groups in total. The summed E-state index contributed by atoms with van der Waals surface area (Å²) in [6.07, 6.45) is 0.660. The van der Waals surface area contributed by atoms with Crippen molar-refractivity contribution in [2.24, 2.45) is 17.4 Å². The molecule has 4 atom stereocenters. The van der Waals surface area contributed by atoms with E-state index in [1.165, 1.54) is 11.8 Å². The van der Waals surface area contributed by atoms with Crippen LogP contribution in [0.2, 0.25) is 6.32 Å².